The van der Waals surface area contributed by atoms with E-state index < -0.39 is 6.04 Å². The van der Waals surface area contributed by atoms with Gasteiger partial charge in [0.05, 0.1) is 0 Å². The molecule has 2 aromatic rings. The third kappa shape index (κ3) is 5.88. The van der Waals surface area contributed by atoms with Gasteiger partial charge in [-0.15, -0.1) is 0 Å². The molecule has 2 aromatic carbocycles. The summed E-state index contributed by atoms with van der Waals surface area (Å²) in [6, 6.07) is 16.2. The Kier molecular flexibility index (Phi) is 7.66. The molecule has 26 heavy (non-hydrogen) atoms. The lowest BCUT2D eigenvalue weighted by atomic mass is 10.1. The summed E-state index contributed by atoms with van der Waals surface area (Å²) in [5.74, 6) is 0.198. The lowest BCUT2D eigenvalue weighted by Crippen LogP contribution is -2.49. The van der Waals surface area contributed by atoms with Crippen molar-refractivity contribution in [1.82, 2.24) is 10.2 Å². The van der Waals surface area contributed by atoms with Crippen LogP contribution < -0.4 is 10.1 Å². The summed E-state index contributed by atoms with van der Waals surface area (Å²) in [4.78, 5) is 26.5. The van der Waals surface area contributed by atoms with Gasteiger partial charge < -0.3 is 15.0 Å². The number of nitrogens with one attached hydrogen (secondary N) is 1. The smallest absolute Gasteiger partial charge is 0.261 e. The molecule has 1 N–H and O–H groups in total. The predicted octanol–water partition coefficient (Wildman–Crippen LogP) is 3.38. The van der Waals surface area contributed by atoms with E-state index >= 15 is 0 Å². The van der Waals surface area contributed by atoms with Crippen molar-refractivity contribution in [3.05, 3.63) is 64.6 Å². The highest BCUT2D eigenvalue weighted by molar-refractivity contribution is 9.10. The van der Waals surface area contributed by atoms with Crippen LogP contribution in [0.15, 0.2) is 59.1 Å². The fourth-order valence-corrected chi connectivity index (χ4v) is 2.70. The summed E-state index contributed by atoms with van der Waals surface area (Å²) >= 11 is 3.40. The largest absolute Gasteiger partial charge is 0.484 e. The molecular formula is C20H23BrN2O3. The highest BCUT2D eigenvalue weighted by Gasteiger charge is 2.26. The van der Waals surface area contributed by atoms with E-state index in [2.05, 4.69) is 21.2 Å². The van der Waals surface area contributed by atoms with Gasteiger partial charge in [-0.3, -0.25) is 9.59 Å². The van der Waals surface area contributed by atoms with Crippen molar-refractivity contribution in [2.45, 2.75) is 26.4 Å². The molecular weight excluding hydrogens is 396 g/mol. The zero-order chi connectivity index (χ0) is 18.9. The molecule has 1 atom stereocenters. The minimum absolute atomic E-state index is 0.121. The second kappa shape index (κ2) is 9.97. The van der Waals surface area contributed by atoms with Crippen LogP contribution in [0.5, 0.6) is 5.75 Å². The van der Waals surface area contributed by atoms with Crippen molar-refractivity contribution in [1.29, 1.82) is 0 Å². The normalized spacial score (nSPS) is 11.5. The van der Waals surface area contributed by atoms with Gasteiger partial charge in [0.1, 0.15) is 11.8 Å². The number of halogens is 1. The fourth-order valence-electron chi connectivity index (χ4n) is 2.44. The second-order valence-electron chi connectivity index (χ2n) is 5.82. The monoisotopic (exact) mass is 418 g/mol. The second-order valence-corrected chi connectivity index (χ2v) is 6.74. The Hall–Kier alpha value is -2.34. The van der Waals surface area contributed by atoms with Crippen LogP contribution in [0.25, 0.3) is 0 Å². The van der Waals surface area contributed by atoms with Gasteiger partial charge in [-0.25, -0.2) is 0 Å². The molecule has 0 heterocycles. The predicted molar refractivity (Wildman–Crippen MR) is 105 cm³/mol. The van der Waals surface area contributed by atoms with Crippen LogP contribution in [0, 0.1) is 0 Å². The molecule has 0 aliphatic carbocycles. The molecule has 0 saturated heterocycles. The van der Waals surface area contributed by atoms with E-state index in [0.717, 1.165) is 10.0 Å². The standard InChI is InChI=1S/C20H23BrN2O3/c1-3-22-20(25)15(2)23(13-16-9-11-17(21)12-10-16)19(24)14-26-18-7-5-4-6-8-18/h4-12,15H,3,13-14H2,1-2H3,(H,22,25)/t15-/m0/s1. The first-order valence-electron chi connectivity index (χ1n) is 8.50. The van der Waals surface area contributed by atoms with Crippen molar-refractivity contribution in [2.24, 2.45) is 0 Å². The van der Waals surface area contributed by atoms with E-state index in [9.17, 15) is 9.59 Å². The number of benzene rings is 2. The lowest BCUT2D eigenvalue weighted by molar-refractivity contribution is -0.142. The summed E-state index contributed by atoms with van der Waals surface area (Å²) in [6.45, 7) is 4.31. The van der Waals surface area contributed by atoms with Crippen LogP contribution in [-0.4, -0.2) is 35.9 Å². The summed E-state index contributed by atoms with van der Waals surface area (Å²) in [5.41, 5.74) is 0.942. The first kappa shape index (κ1) is 20.0. The highest BCUT2D eigenvalue weighted by Crippen LogP contribution is 2.15. The van der Waals surface area contributed by atoms with Gasteiger partial charge in [0, 0.05) is 17.6 Å². The lowest BCUT2D eigenvalue weighted by Gasteiger charge is -2.28. The zero-order valence-corrected chi connectivity index (χ0v) is 16.5. The molecule has 0 aliphatic heterocycles. The van der Waals surface area contributed by atoms with Crippen molar-refractivity contribution >= 4 is 27.7 Å². The number of para-hydroxylation sites is 1. The van der Waals surface area contributed by atoms with Crippen LogP contribution in [0.1, 0.15) is 19.4 Å². The number of amides is 2. The first-order chi connectivity index (χ1) is 12.5. The van der Waals surface area contributed by atoms with Crippen molar-refractivity contribution in [2.75, 3.05) is 13.2 Å². The number of hydrogen-bond donors (Lipinski definition) is 1. The Morgan fingerprint density at radius 1 is 1.12 bits per heavy atom. The number of ether oxygens (including phenoxy) is 1. The van der Waals surface area contributed by atoms with Gasteiger partial charge in [-0.1, -0.05) is 46.3 Å². The molecule has 0 saturated carbocycles. The third-order valence-corrected chi connectivity index (χ3v) is 4.42. The molecule has 2 amide bonds. The van der Waals surface area contributed by atoms with E-state index in [1.54, 1.807) is 19.1 Å². The van der Waals surface area contributed by atoms with Gasteiger partial charge in [0.15, 0.2) is 6.61 Å². The van der Waals surface area contributed by atoms with E-state index in [1.165, 1.54) is 4.90 Å². The van der Waals surface area contributed by atoms with Gasteiger partial charge in [-0.05, 0) is 43.7 Å². The fraction of sp³-hybridized carbons (Fsp3) is 0.300. The molecule has 0 aromatic heterocycles. The van der Waals surface area contributed by atoms with Crippen LogP contribution >= 0.6 is 15.9 Å². The number of nitrogens with zero attached hydrogens (tertiary/aromatic N) is 1. The Morgan fingerprint density at radius 2 is 1.77 bits per heavy atom. The van der Waals surface area contributed by atoms with Crippen LogP contribution in [0.4, 0.5) is 0 Å². The number of hydrogen-bond acceptors (Lipinski definition) is 3. The van der Waals surface area contributed by atoms with Gasteiger partial charge in [0.2, 0.25) is 5.91 Å². The van der Waals surface area contributed by atoms with Crippen LogP contribution in [-0.2, 0) is 16.1 Å². The molecule has 0 fully saturated rings. The van der Waals surface area contributed by atoms with Crippen molar-refractivity contribution in [3.63, 3.8) is 0 Å². The third-order valence-electron chi connectivity index (χ3n) is 3.89. The number of carbonyl (C=O) groups excluding carboxylic acids is 2. The maximum atomic E-state index is 12.7. The maximum absolute atomic E-state index is 12.7. The molecule has 0 radical (unpaired) electrons. The molecule has 2 rings (SSSR count). The molecule has 138 valence electrons. The molecule has 0 unspecified atom stereocenters. The van der Waals surface area contributed by atoms with Crippen LogP contribution in [0.2, 0.25) is 0 Å². The SMILES string of the molecule is CCNC(=O)[C@H](C)N(Cc1ccc(Br)cc1)C(=O)COc1ccccc1. The van der Waals surface area contributed by atoms with E-state index in [-0.39, 0.29) is 18.4 Å². The minimum Gasteiger partial charge on any atom is -0.484 e. The Morgan fingerprint density at radius 3 is 2.38 bits per heavy atom. The molecule has 5 nitrogen and oxygen atoms in total. The first-order valence-corrected chi connectivity index (χ1v) is 9.30. The molecule has 6 heteroatoms. The van der Waals surface area contributed by atoms with Crippen LogP contribution in [0.3, 0.4) is 0 Å². The summed E-state index contributed by atoms with van der Waals surface area (Å²) in [6.07, 6.45) is 0. The number of rotatable bonds is 8. The minimum atomic E-state index is -0.592. The summed E-state index contributed by atoms with van der Waals surface area (Å²) < 4.78 is 6.53. The Balaban J connectivity index is 2.11. The van der Waals surface area contributed by atoms with Gasteiger partial charge in [-0.2, -0.15) is 0 Å². The van der Waals surface area contributed by atoms with Crippen molar-refractivity contribution < 1.29 is 14.3 Å². The van der Waals surface area contributed by atoms with E-state index in [0.29, 0.717) is 18.8 Å². The summed E-state index contributed by atoms with van der Waals surface area (Å²) in [5, 5.41) is 2.77. The molecule has 0 bridgehead atoms. The quantitative estimate of drug-likeness (QED) is 0.714. The molecule has 0 aliphatic rings. The Bertz CT molecular complexity index is 720. The highest BCUT2D eigenvalue weighted by atomic mass is 79.9. The maximum Gasteiger partial charge on any atom is 0.261 e. The average Bonchev–Trinajstić information content (AvgIpc) is 2.66. The zero-order valence-electron chi connectivity index (χ0n) is 14.9. The van der Waals surface area contributed by atoms with E-state index in [4.69, 9.17) is 4.74 Å². The Labute approximate surface area is 162 Å². The average molecular weight is 419 g/mol. The number of carbonyl (C=O) groups is 2. The van der Waals surface area contributed by atoms with Gasteiger partial charge >= 0.3 is 0 Å². The topological polar surface area (TPSA) is 58.6 Å². The molecule has 0 spiro atoms. The summed E-state index contributed by atoms with van der Waals surface area (Å²) in [7, 11) is 0. The van der Waals surface area contributed by atoms with Gasteiger partial charge in [0.25, 0.3) is 5.91 Å². The van der Waals surface area contributed by atoms with E-state index in [1.807, 2.05) is 49.4 Å². The van der Waals surface area contributed by atoms with Crippen molar-refractivity contribution in [3.8, 4) is 5.75 Å². The number of likely N-dealkylation sites (N-methyl/N-ethyl adjacent to an activating group) is 1.